The topological polar surface area (TPSA) is 50.8 Å². The van der Waals surface area contributed by atoms with Gasteiger partial charge in [-0.15, -0.1) is 0 Å². The van der Waals surface area contributed by atoms with E-state index in [1.54, 1.807) is 24.0 Å². The number of hydrogen-bond acceptors (Lipinski definition) is 3. The molecule has 1 atom stereocenters. The molecule has 1 aliphatic heterocycles. The van der Waals surface area contributed by atoms with Crippen LogP contribution in [-0.2, 0) is 12.7 Å². The molecular weight excluding hydrogens is 373 g/mol. The molecule has 0 radical (unpaired) electrons. The number of amides is 2. The first-order valence-corrected chi connectivity index (χ1v) is 8.89. The van der Waals surface area contributed by atoms with Crippen molar-refractivity contribution in [3.05, 3.63) is 59.2 Å². The van der Waals surface area contributed by atoms with Crippen LogP contribution in [0.25, 0.3) is 0 Å². The zero-order chi connectivity index (χ0) is 20.3. The van der Waals surface area contributed by atoms with Gasteiger partial charge in [0.05, 0.1) is 11.6 Å². The van der Waals surface area contributed by atoms with E-state index in [-0.39, 0.29) is 12.8 Å². The Kier molecular flexibility index (Phi) is 5.67. The van der Waals surface area contributed by atoms with E-state index in [4.69, 9.17) is 9.47 Å². The van der Waals surface area contributed by atoms with Crippen LogP contribution in [0.15, 0.2) is 42.5 Å². The number of fused-ring (bicyclic) bond motifs is 1. The second-order valence-electron chi connectivity index (χ2n) is 6.50. The van der Waals surface area contributed by atoms with Gasteiger partial charge in [0.25, 0.3) is 0 Å². The Morgan fingerprint density at radius 3 is 2.64 bits per heavy atom. The molecule has 0 aliphatic carbocycles. The molecule has 3 rings (SSSR count). The average molecular weight is 394 g/mol. The molecule has 1 heterocycles. The number of nitrogens with zero attached hydrogens (tertiary/aromatic N) is 1. The van der Waals surface area contributed by atoms with E-state index < -0.39 is 17.8 Å². The summed E-state index contributed by atoms with van der Waals surface area (Å²) in [6.45, 7) is 4.44. The molecule has 2 amide bonds. The Morgan fingerprint density at radius 1 is 1.18 bits per heavy atom. The van der Waals surface area contributed by atoms with Gasteiger partial charge in [0.1, 0.15) is 0 Å². The second-order valence-corrected chi connectivity index (χ2v) is 6.50. The molecule has 2 aromatic rings. The highest BCUT2D eigenvalue weighted by Crippen LogP contribution is 2.33. The van der Waals surface area contributed by atoms with E-state index in [1.165, 1.54) is 6.07 Å². The first kappa shape index (κ1) is 19.9. The largest absolute Gasteiger partial charge is 0.454 e. The first-order chi connectivity index (χ1) is 13.3. The number of nitrogens with one attached hydrogen (secondary N) is 1. The maximum absolute atomic E-state index is 12.9. The number of carbonyl (C=O) groups is 1. The van der Waals surface area contributed by atoms with Crippen LogP contribution >= 0.6 is 0 Å². The summed E-state index contributed by atoms with van der Waals surface area (Å²) in [6.07, 6.45) is -4.42. The quantitative estimate of drug-likeness (QED) is 0.798. The van der Waals surface area contributed by atoms with E-state index in [2.05, 4.69) is 5.32 Å². The van der Waals surface area contributed by atoms with Crippen molar-refractivity contribution in [3.63, 3.8) is 0 Å². The number of alkyl halides is 3. The summed E-state index contributed by atoms with van der Waals surface area (Å²) in [6, 6.07) is 9.49. The Bertz CT molecular complexity index is 855. The van der Waals surface area contributed by atoms with Crippen LogP contribution in [0.5, 0.6) is 11.5 Å². The SMILES string of the molecule is CCN(Cc1ccc2c(c1)OCO2)C(=O)NC(C)c1cccc(C(F)(F)F)c1. The molecule has 150 valence electrons. The molecule has 1 unspecified atom stereocenters. The van der Waals surface area contributed by atoms with Gasteiger partial charge in [0.15, 0.2) is 11.5 Å². The molecule has 0 saturated heterocycles. The minimum atomic E-state index is -4.42. The van der Waals surface area contributed by atoms with Crippen molar-refractivity contribution in [1.29, 1.82) is 0 Å². The summed E-state index contributed by atoms with van der Waals surface area (Å²) < 4.78 is 49.3. The zero-order valence-corrected chi connectivity index (χ0v) is 15.5. The summed E-state index contributed by atoms with van der Waals surface area (Å²) in [7, 11) is 0. The van der Waals surface area contributed by atoms with Crippen molar-refractivity contribution < 1.29 is 27.4 Å². The Morgan fingerprint density at radius 2 is 1.93 bits per heavy atom. The highest BCUT2D eigenvalue weighted by Gasteiger charge is 2.31. The fraction of sp³-hybridized carbons (Fsp3) is 0.350. The molecule has 0 aromatic heterocycles. The highest BCUT2D eigenvalue weighted by atomic mass is 19.4. The Labute approximate surface area is 161 Å². The summed E-state index contributed by atoms with van der Waals surface area (Å²) in [5.41, 5.74) is 0.522. The normalized spacial score (nSPS) is 13.9. The van der Waals surface area contributed by atoms with Gasteiger partial charge >= 0.3 is 12.2 Å². The number of halogens is 3. The van der Waals surface area contributed by atoms with Crippen molar-refractivity contribution >= 4 is 6.03 Å². The van der Waals surface area contributed by atoms with E-state index in [0.717, 1.165) is 17.7 Å². The van der Waals surface area contributed by atoms with Crippen LogP contribution in [0.2, 0.25) is 0 Å². The molecule has 0 spiro atoms. The maximum atomic E-state index is 12.9. The lowest BCUT2D eigenvalue weighted by Gasteiger charge is -2.24. The lowest BCUT2D eigenvalue weighted by Crippen LogP contribution is -2.40. The third kappa shape index (κ3) is 4.49. The number of benzene rings is 2. The van der Waals surface area contributed by atoms with Crippen molar-refractivity contribution in [2.45, 2.75) is 32.6 Å². The van der Waals surface area contributed by atoms with Crippen molar-refractivity contribution in [1.82, 2.24) is 10.2 Å². The minimum absolute atomic E-state index is 0.172. The molecule has 0 fully saturated rings. The molecule has 0 bridgehead atoms. The molecule has 0 saturated carbocycles. The van der Waals surface area contributed by atoms with Gasteiger partial charge in [-0.25, -0.2) is 4.79 Å². The molecule has 2 aromatic carbocycles. The number of ether oxygens (including phenoxy) is 2. The standard InChI is InChI=1S/C20H21F3N2O3/c1-3-25(11-14-7-8-17-18(9-14)28-12-27-17)19(26)24-13(2)15-5-4-6-16(10-15)20(21,22)23/h4-10,13H,3,11-12H2,1-2H3,(H,24,26). The summed E-state index contributed by atoms with van der Waals surface area (Å²) in [4.78, 5) is 14.2. The highest BCUT2D eigenvalue weighted by molar-refractivity contribution is 5.74. The van der Waals surface area contributed by atoms with Gasteiger partial charge in [-0.2, -0.15) is 13.2 Å². The maximum Gasteiger partial charge on any atom is 0.416 e. The molecular formula is C20H21F3N2O3. The fourth-order valence-corrected chi connectivity index (χ4v) is 2.93. The Balaban J connectivity index is 1.66. The fourth-order valence-electron chi connectivity index (χ4n) is 2.93. The smallest absolute Gasteiger partial charge is 0.416 e. The van der Waals surface area contributed by atoms with E-state index >= 15 is 0 Å². The van der Waals surface area contributed by atoms with Gasteiger partial charge in [-0.3, -0.25) is 0 Å². The number of carbonyl (C=O) groups excluding carboxylic acids is 1. The monoisotopic (exact) mass is 394 g/mol. The lowest BCUT2D eigenvalue weighted by molar-refractivity contribution is -0.137. The van der Waals surface area contributed by atoms with Crippen LogP contribution in [0.1, 0.15) is 36.6 Å². The van der Waals surface area contributed by atoms with Crippen LogP contribution in [-0.4, -0.2) is 24.3 Å². The predicted octanol–water partition coefficient (Wildman–Crippen LogP) is 4.73. The summed E-state index contributed by atoms with van der Waals surface area (Å²) in [5, 5.41) is 2.76. The second kappa shape index (κ2) is 8.00. The minimum Gasteiger partial charge on any atom is -0.454 e. The van der Waals surface area contributed by atoms with Crippen molar-refractivity contribution in [2.75, 3.05) is 13.3 Å². The Hall–Kier alpha value is -2.90. The van der Waals surface area contributed by atoms with Crippen LogP contribution in [0.3, 0.4) is 0 Å². The van der Waals surface area contributed by atoms with Crippen LogP contribution in [0.4, 0.5) is 18.0 Å². The lowest BCUT2D eigenvalue weighted by atomic mass is 10.1. The number of rotatable bonds is 5. The van der Waals surface area contributed by atoms with Crippen LogP contribution in [0, 0.1) is 0 Å². The molecule has 8 heteroatoms. The van der Waals surface area contributed by atoms with Crippen LogP contribution < -0.4 is 14.8 Å². The molecule has 1 N–H and O–H groups in total. The third-order valence-corrected chi connectivity index (χ3v) is 4.53. The van der Waals surface area contributed by atoms with Gasteiger partial charge in [-0.05, 0) is 49.2 Å². The zero-order valence-electron chi connectivity index (χ0n) is 15.5. The third-order valence-electron chi connectivity index (χ3n) is 4.53. The number of urea groups is 1. The van der Waals surface area contributed by atoms with E-state index in [0.29, 0.717) is 30.2 Å². The van der Waals surface area contributed by atoms with Crippen molar-refractivity contribution in [2.24, 2.45) is 0 Å². The number of hydrogen-bond donors (Lipinski definition) is 1. The van der Waals surface area contributed by atoms with Gasteiger partial charge in [0, 0.05) is 13.1 Å². The first-order valence-electron chi connectivity index (χ1n) is 8.89. The van der Waals surface area contributed by atoms with Gasteiger partial charge in [-0.1, -0.05) is 18.2 Å². The van der Waals surface area contributed by atoms with E-state index in [9.17, 15) is 18.0 Å². The average Bonchev–Trinajstić information content (AvgIpc) is 3.13. The molecule has 5 nitrogen and oxygen atoms in total. The van der Waals surface area contributed by atoms with E-state index in [1.807, 2.05) is 19.1 Å². The molecule has 28 heavy (non-hydrogen) atoms. The summed E-state index contributed by atoms with van der Waals surface area (Å²) in [5.74, 6) is 1.29. The predicted molar refractivity (Wildman–Crippen MR) is 97.0 cm³/mol. The van der Waals surface area contributed by atoms with Crippen molar-refractivity contribution in [3.8, 4) is 11.5 Å². The van der Waals surface area contributed by atoms with Gasteiger partial charge in [0.2, 0.25) is 6.79 Å². The molecule has 1 aliphatic rings. The van der Waals surface area contributed by atoms with Gasteiger partial charge < -0.3 is 19.7 Å². The summed E-state index contributed by atoms with van der Waals surface area (Å²) >= 11 is 0.